The van der Waals surface area contributed by atoms with Crippen molar-refractivity contribution in [2.75, 3.05) is 0 Å². The molecule has 4 nitrogen and oxygen atoms in total. The van der Waals surface area contributed by atoms with Gasteiger partial charge in [-0.3, -0.25) is 9.59 Å². The maximum absolute atomic E-state index is 11.9. The Morgan fingerprint density at radius 1 is 1.28 bits per heavy atom. The lowest BCUT2D eigenvalue weighted by atomic mass is 9.90. The Hall–Kier alpha value is -1.06. The normalized spacial score (nSPS) is 14.9. The zero-order chi connectivity index (χ0) is 14.3. The fraction of sp³-hybridized carbons (Fsp3) is 0.857. The number of hydrogen-bond acceptors (Lipinski definition) is 3. The molecular weight excluding hydrogens is 232 g/mol. The summed E-state index contributed by atoms with van der Waals surface area (Å²) in [6.45, 7) is 9.49. The van der Waals surface area contributed by atoms with Crippen LogP contribution in [0, 0.1) is 11.8 Å². The Kier molecular flexibility index (Phi) is 6.96. The Bertz CT molecular complexity index is 278. The SMILES string of the molecule is CCCC(C)CC(CC(=O)O)C(=O)OC(C)(C)C. The van der Waals surface area contributed by atoms with E-state index in [2.05, 4.69) is 6.92 Å². The number of hydrogen-bond donors (Lipinski definition) is 1. The predicted molar refractivity (Wildman–Crippen MR) is 70.3 cm³/mol. The molecule has 0 bridgehead atoms. The van der Waals surface area contributed by atoms with Crippen molar-refractivity contribution in [1.29, 1.82) is 0 Å². The molecule has 0 spiro atoms. The summed E-state index contributed by atoms with van der Waals surface area (Å²) in [6.07, 6.45) is 2.46. The lowest BCUT2D eigenvalue weighted by molar-refractivity contribution is -0.163. The first kappa shape index (κ1) is 16.9. The fourth-order valence-corrected chi connectivity index (χ4v) is 1.96. The second-order valence-corrected chi connectivity index (χ2v) is 5.96. The van der Waals surface area contributed by atoms with Gasteiger partial charge in [0.2, 0.25) is 0 Å². The summed E-state index contributed by atoms with van der Waals surface area (Å²) < 4.78 is 5.28. The first-order valence-corrected chi connectivity index (χ1v) is 6.60. The average Bonchev–Trinajstić information content (AvgIpc) is 2.13. The van der Waals surface area contributed by atoms with Crippen molar-refractivity contribution in [3.8, 4) is 0 Å². The summed E-state index contributed by atoms with van der Waals surface area (Å²) in [7, 11) is 0. The molecule has 18 heavy (non-hydrogen) atoms. The van der Waals surface area contributed by atoms with Gasteiger partial charge in [-0.2, -0.15) is 0 Å². The number of rotatable bonds is 7. The largest absolute Gasteiger partial charge is 0.481 e. The van der Waals surface area contributed by atoms with Gasteiger partial charge >= 0.3 is 11.9 Å². The van der Waals surface area contributed by atoms with Gasteiger partial charge in [0.1, 0.15) is 5.60 Å². The molecule has 0 fully saturated rings. The molecule has 0 radical (unpaired) electrons. The van der Waals surface area contributed by atoms with Crippen LogP contribution >= 0.6 is 0 Å². The molecule has 0 aliphatic rings. The molecule has 0 aromatic carbocycles. The van der Waals surface area contributed by atoms with Crippen molar-refractivity contribution in [3.63, 3.8) is 0 Å². The number of carbonyl (C=O) groups is 2. The minimum absolute atomic E-state index is 0.150. The molecule has 0 rings (SSSR count). The average molecular weight is 258 g/mol. The van der Waals surface area contributed by atoms with Crippen LogP contribution in [0.4, 0.5) is 0 Å². The van der Waals surface area contributed by atoms with Crippen LogP contribution in [0.25, 0.3) is 0 Å². The van der Waals surface area contributed by atoms with Crippen LogP contribution in [-0.2, 0) is 14.3 Å². The second-order valence-electron chi connectivity index (χ2n) is 5.96. The molecular formula is C14H26O4. The van der Waals surface area contributed by atoms with Gasteiger partial charge in [-0.15, -0.1) is 0 Å². The van der Waals surface area contributed by atoms with E-state index < -0.39 is 23.5 Å². The van der Waals surface area contributed by atoms with Crippen LogP contribution in [0.5, 0.6) is 0 Å². The molecule has 0 aliphatic heterocycles. The molecule has 0 amide bonds. The molecule has 0 aromatic rings. The summed E-state index contributed by atoms with van der Waals surface area (Å²) in [5, 5.41) is 8.87. The number of esters is 1. The first-order chi connectivity index (χ1) is 8.15. The van der Waals surface area contributed by atoms with Gasteiger partial charge in [-0.25, -0.2) is 0 Å². The predicted octanol–water partition coefficient (Wildman–Crippen LogP) is 3.25. The maximum Gasteiger partial charge on any atom is 0.310 e. The van der Waals surface area contributed by atoms with E-state index >= 15 is 0 Å². The van der Waals surface area contributed by atoms with E-state index in [1.165, 1.54) is 0 Å². The van der Waals surface area contributed by atoms with Crippen LogP contribution in [0.3, 0.4) is 0 Å². The Balaban J connectivity index is 4.56. The van der Waals surface area contributed by atoms with Gasteiger partial charge in [0, 0.05) is 0 Å². The van der Waals surface area contributed by atoms with E-state index in [-0.39, 0.29) is 6.42 Å². The molecule has 0 aromatic heterocycles. The monoisotopic (exact) mass is 258 g/mol. The Labute approximate surface area is 110 Å². The number of carboxylic acids is 1. The molecule has 0 heterocycles. The van der Waals surface area contributed by atoms with Crippen LogP contribution < -0.4 is 0 Å². The van der Waals surface area contributed by atoms with Gasteiger partial charge in [-0.05, 0) is 33.1 Å². The highest BCUT2D eigenvalue weighted by Crippen LogP contribution is 2.23. The quantitative estimate of drug-likeness (QED) is 0.712. The summed E-state index contributed by atoms with van der Waals surface area (Å²) in [5.41, 5.74) is -0.568. The smallest absolute Gasteiger partial charge is 0.310 e. The minimum atomic E-state index is -0.949. The van der Waals surface area contributed by atoms with Gasteiger partial charge in [0.15, 0.2) is 0 Å². The standard InChI is InChI=1S/C14H26O4/c1-6-7-10(2)8-11(9-12(15)16)13(17)18-14(3,4)5/h10-11H,6-9H2,1-5H3,(H,15,16). The highest BCUT2D eigenvalue weighted by molar-refractivity contribution is 5.79. The Morgan fingerprint density at radius 2 is 1.83 bits per heavy atom. The van der Waals surface area contributed by atoms with E-state index in [0.29, 0.717) is 12.3 Å². The molecule has 2 unspecified atom stereocenters. The van der Waals surface area contributed by atoms with Crippen molar-refractivity contribution in [3.05, 3.63) is 0 Å². The maximum atomic E-state index is 11.9. The van der Waals surface area contributed by atoms with Gasteiger partial charge in [0.05, 0.1) is 12.3 Å². The summed E-state index contributed by atoms with van der Waals surface area (Å²) in [6, 6.07) is 0. The number of carboxylic acid groups (broad SMARTS) is 1. The Morgan fingerprint density at radius 3 is 2.22 bits per heavy atom. The molecule has 2 atom stereocenters. The van der Waals surface area contributed by atoms with E-state index in [1.807, 2.05) is 6.92 Å². The van der Waals surface area contributed by atoms with Crippen LogP contribution in [0.15, 0.2) is 0 Å². The van der Waals surface area contributed by atoms with Gasteiger partial charge in [0.25, 0.3) is 0 Å². The number of carbonyl (C=O) groups excluding carboxylic acids is 1. The minimum Gasteiger partial charge on any atom is -0.481 e. The van der Waals surface area contributed by atoms with Gasteiger partial charge in [-0.1, -0.05) is 26.7 Å². The highest BCUT2D eigenvalue weighted by Gasteiger charge is 2.28. The van der Waals surface area contributed by atoms with Crippen molar-refractivity contribution < 1.29 is 19.4 Å². The summed E-state index contributed by atoms with van der Waals surface area (Å²) >= 11 is 0. The summed E-state index contributed by atoms with van der Waals surface area (Å²) in [5.74, 6) is -1.54. The van der Waals surface area contributed by atoms with Crippen molar-refractivity contribution in [1.82, 2.24) is 0 Å². The molecule has 0 saturated heterocycles. The molecule has 0 aliphatic carbocycles. The molecule has 106 valence electrons. The van der Waals surface area contributed by atoms with E-state index in [0.717, 1.165) is 12.8 Å². The fourth-order valence-electron chi connectivity index (χ4n) is 1.96. The van der Waals surface area contributed by atoms with E-state index in [4.69, 9.17) is 9.84 Å². The zero-order valence-electron chi connectivity index (χ0n) is 12.2. The number of aliphatic carboxylic acids is 1. The summed E-state index contributed by atoms with van der Waals surface area (Å²) in [4.78, 5) is 22.8. The lowest BCUT2D eigenvalue weighted by Crippen LogP contribution is -2.30. The molecule has 0 saturated carbocycles. The third-order valence-corrected chi connectivity index (χ3v) is 2.63. The van der Waals surface area contributed by atoms with Crippen LogP contribution in [0.2, 0.25) is 0 Å². The second kappa shape index (κ2) is 7.39. The third kappa shape index (κ3) is 8.09. The highest BCUT2D eigenvalue weighted by atomic mass is 16.6. The van der Waals surface area contributed by atoms with Gasteiger partial charge < -0.3 is 9.84 Å². The number of ether oxygens (including phenoxy) is 1. The lowest BCUT2D eigenvalue weighted by Gasteiger charge is -2.24. The molecule has 4 heteroatoms. The van der Waals surface area contributed by atoms with Crippen molar-refractivity contribution in [2.24, 2.45) is 11.8 Å². The topological polar surface area (TPSA) is 63.6 Å². The van der Waals surface area contributed by atoms with Crippen molar-refractivity contribution >= 4 is 11.9 Å². The molecule has 1 N–H and O–H groups in total. The van der Waals surface area contributed by atoms with Crippen molar-refractivity contribution in [2.45, 2.75) is 65.9 Å². The third-order valence-electron chi connectivity index (χ3n) is 2.63. The van der Waals surface area contributed by atoms with Crippen LogP contribution in [-0.4, -0.2) is 22.6 Å². The zero-order valence-corrected chi connectivity index (χ0v) is 12.2. The van der Waals surface area contributed by atoms with Crippen LogP contribution in [0.1, 0.15) is 60.3 Å². The first-order valence-electron chi connectivity index (χ1n) is 6.60. The van der Waals surface area contributed by atoms with E-state index in [1.54, 1.807) is 20.8 Å². The van der Waals surface area contributed by atoms with E-state index in [9.17, 15) is 9.59 Å².